The van der Waals surface area contributed by atoms with Crippen molar-refractivity contribution < 1.29 is 12.8 Å². The van der Waals surface area contributed by atoms with E-state index in [-0.39, 0.29) is 6.04 Å². The fourth-order valence-electron chi connectivity index (χ4n) is 2.72. The molecule has 0 aliphatic carbocycles. The number of nitrogens with zero attached hydrogens (tertiary/aromatic N) is 3. The number of hydrogen-bond acceptors (Lipinski definition) is 5. The van der Waals surface area contributed by atoms with Crippen LogP contribution in [0, 0.1) is 0 Å². The second-order valence-corrected chi connectivity index (χ2v) is 8.08. The van der Waals surface area contributed by atoms with Gasteiger partial charge in [-0.15, -0.1) is 0 Å². The predicted octanol–water partition coefficient (Wildman–Crippen LogP) is 2.34. The van der Waals surface area contributed by atoms with Crippen LogP contribution < -0.4 is 4.90 Å². The van der Waals surface area contributed by atoms with Gasteiger partial charge in [-0.25, -0.2) is 12.7 Å². The standard InChI is InChI=1S/C14H18ClN3O3S/c1-17(22(2,19)20)11-5-7-18(8-6-11)14-16-12-9-10(15)3-4-13(12)21-14/h3-4,9,11H,5-8H2,1-2H3. The van der Waals surface area contributed by atoms with Crippen LogP contribution in [0.15, 0.2) is 22.6 Å². The first-order chi connectivity index (χ1) is 10.3. The second-order valence-electron chi connectivity index (χ2n) is 5.61. The summed E-state index contributed by atoms with van der Waals surface area (Å²) in [5, 5.41) is 0.626. The highest BCUT2D eigenvalue weighted by Crippen LogP contribution is 2.27. The van der Waals surface area contributed by atoms with Crippen LogP contribution in [0.25, 0.3) is 11.1 Å². The van der Waals surface area contributed by atoms with Crippen LogP contribution in [0.2, 0.25) is 5.02 Å². The molecule has 2 heterocycles. The highest BCUT2D eigenvalue weighted by Gasteiger charge is 2.28. The Morgan fingerprint density at radius 1 is 1.36 bits per heavy atom. The maximum absolute atomic E-state index is 11.6. The fourth-order valence-corrected chi connectivity index (χ4v) is 3.63. The van der Waals surface area contributed by atoms with E-state index in [0.29, 0.717) is 29.7 Å². The molecule has 0 bridgehead atoms. The summed E-state index contributed by atoms with van der Waals surface area (Å²) in [4.78, 5) is 6.50. The largest absolute Gasteiger partial charge is 0.423 e. The average molecular weight is 344 g/mol. The van der Waals surface area contributed by atoms with E-state index in [2.05, 4.69) is 4.98 Å². The molecule has 120 valence electrons. The SMILES string of the molecule is CN(C1CCN(c2nc3cc(Cl)ccc3o2)CC1)S(C)(=O)=O. The Morgan fingerprint density at radius 3 is 2.68 bits per heavy atom. The van der Waals surface area contributed by atoms with E-state index in [1.807, 2.05) is 4.90 Å². The van der Waals surface area contributed by atoms with Crippen molar-refractivity contribution in [3.63, 3.8) is 0 Å². The smallest absolute Gasteiger partial charge is 0.298 e. The number of hydrogen-bond donors (Lipinski definition) is 0. The molecule has 1 aliphatic heterocycles. The van der Waals surface area contributed by atoms with E-state index in [9.17, 15) is 8.42 Å². The van der Waals surface area contributed by atoms with Gasteiger partial charge in [0.1, 0.15) is 5.52 Å². The first-order valence-corrected chi connectivity index (χ1v) is 9.31. The third-order valence-electron chi connectivity index (χ3n) is 4.11. The number of fused-ring (bicyclic) bond motifs is 1. The van der Waals surface area contributed by atoms with Crippen LogP contribution >= 0.6 is 11.6 Å². The van der Waals surface area contributed by atoms with Crippen LogP contribution in [0.3, 0.4) is 0 Å². The summed E-state index contributed by atoms with van der Waals surface area (Å²) in [6.45, 7) is 1.43. The molecule has 1 aromatic heterocycles. The molecule has 0 saturated carbocycles. The molecule has 1 saturated heterocycles. The molecular formula is C14H18ClN3O3S. The van der Waals surface area contributed by atoms with Crippen molar-refractivity contribution in [2.45, 2.75) is 18.9 Å². The summed E-state index contributed by atoms with van der Waals surface area (Å²) in [5.74, 6) is 0. The van der Waals surface area contributed by atoms with Crippen molar-refractivity contribution in [2.24, 2.45) is 0 Å². The fraction of sp³-hybridized carbons (Fsp3) is 0.500. The van der Waals surface area contributed by atoms with E-state index in [1.165, 1.54) is 10.6 Å². The quantitative estimate of drug-likeness (QED) is 0.855. The van der Waals surface area contributed by atoms with E-state index >= 15 is 0 Å². The molecule has 0 unspecified atom stereocenters. The van der Waals surface area contributed by atoms with E-state index in [0.717, 1.165) is 18.4 Å². The van der Waals surface area contributed by atoms with E-state index < -0.39 is 10.0 Å². The van der Waals surface area contributed by atoms with Crippen LogP contribution in [-0.4, -0.2) is 50.1 Å². The molecule has 3 rings (SSSR count). The van der Waals surface area contributed by atoms with Crippen LogP contribution in [0.4, 0.5) is 6.01 Å². The zero-order valence-electron chi connectivity index (χ0n) is 12.5. The molecular weight excluding hydrogens is 326 g/mol. The van der Waals surface area contributed by atoms with E-state index in [4.69, 9.17) is 16.0 Å². The van der Waals surface area contributed by atoms with Crippen LogP contribution in [0.1, 0.15) is 12.8 Å². The van der Waals surface area contributed by atoms with Gasteiger partial charge in [-0.2, -0.15) is 4.98 Å². The minimum absolute atomic E-state index is 0.0325. The highest BCUT2D eigenvalue weighted by atomic mass is 35.5. The summed E-state index contributed by atoms with van der Waals surface area (Å²) >= 11 is 5.95. The molecule has 0 spiro atoms. The lowest BCUT2D eigenvalue weighted by atomic mass is 10.1. The Balaban J connectivity index is 1.72. The second kappa shape index (κ2) is 5.72. The molecule has 1 aliphatic rings. The molecule has 22 heavy (non-hydrogen) atoms. The molecule has 1 aromatic carbocycles. The lowest BCUT2D eigenvalue weighted by Gasteiger charge is -2.34. The molecule has 1 fully saturated rings. The highest BCUT2D eigenvalue weighted by molar-refractivity contribution is 7.88. The molecule has 2 aromatic rings. The summed E-state index contributed by atoms with van der Waals surface area (Å²) in [6, 6.07) is 5.95. The van der Waals surface area contributed by atoms with Crippen molar-refractivity contribution in [3.8, 4) is 0 Å². The van der Waals surface area contributed by atoms with Crippen molar-refractivity contribution in [3.05, 3.63) is 23.2 Å². The van der Waals surface area contributed by atoms with Gasteiger partial charge in [-0.3, -0.25) is 0 Å². The normalized spacial score (nSPS) is 17.5. The molecule has 0 atom stereocenters. The van der Waals surface area contributed by atoms with Crippen molar-refractivity contribution in [2.75, 3.05) is 31.3 Å². The Hall–Kier alpha value is -1.31. The maximum Gasteiger partial charge on any atom is 0.298 e. The van der Waals surface area contributed by atoms with Crippen molar-refractivity contribution in [1.82, 2.24) is 9.29 Å². The van der Waals surface area contributed by atoms with Crippen LogP contribution in [-0.2, 0) is 10.0 Å². The molecule has 0 N–H and O–H groups in total. The summed E-state index contributed by atoms with van der Waals surface area (Å²) in [5.41, 5.74) is 1.44. The Bertz CT molecular complexity index is 782. The maximum atomic E-state index is 11.6. The molecule has 8 heteroatoms. The summed E-state index contributed by atoms with van der Waals surface area (Å²) in [6.07, 6.45) is 2.75. The molecule has 0 amide bonds. The van der Waals surface area contributed by atoms with Gasteiger partial charge in [-0.1, -0.05) is 11.6 Å². The number of piperidine rings is 1. The first-order valence-electron chi connectivity index (χ1n) is 7.08. The topological polar surface area (TPSA) is 66.7 Å². The van der Waals surface area contributed by atoms with Crippen molar-refractivity contribution >= 4 is 38.7 Å². The lowest BCUT2D eigenvalue weighted by molar-refractivity contribution is 0.309. The van der Waals surface area contributed by atoms with Gasteiger partial charge in [0, 0.05) is 31.2 Å². The number of halogens is 1. The van der Waals surface area contributed by atoms with Gasteiger partial charge in [0.2, 0.25) is 10.0 Å². The number of anilines is 1. The number of rotatable bonds is 3. The summed E-state index contributed by atoms with van der Waals surface area (Å²) in [7, 11) is -1.51. The third kappa shape index (κ3) is 3.06. The molecule has 0 radical (unpaired) electrons. The zero-order valence-corrected chi connectivity index (χ0v) is 14.1. The summed E-state index contributed by atoms with van der Waals surface area (Å²) < 4.78 is 30.4. The van der Waals surface area contributed by atoms with Gasteiger partial charge in [0.25, 0.3) is 6.01 Å². The van der Waals surface area contributed by atoms with Crippen LogP contribution in [0.5, 0.6) is 0 Å². The van der Waals surface area contributed by atoms with Crippen molar-refractivity contribution in [1.29, 1.82) is 0 Å². The van der Waals surface area contributed by atoms with E-state index in [1.54, 1.807) is 25.2 Å². The monoisotopic (exact) mass is 343 g/mol. The Kier molecular flexibility index (Phi) is 4.05. The Labute approximate surface area is 134 Å². The van der Waals surface area contributed by atoms with Gasteiger partial charge >= 0.3 is 0 Å². The van der Waals surface area contributed by atoms with Gasteiger partial charge in [-0.05, 0) is 31.0 Å². The minimum Gasteiger partial charge on any atom is -0.423 e. The Morgan fingerprint density at radius 2 is 2.05 bits per heavy atom. The number of sulfonamides is 1. The number of aromatic nitrogens is 1. The molecule has 6 nitrogen and oxygen atoms in total. The zero-order chi connectivity index (χ0) is 15.9. The third-order valence-corrected chi connectivity index (χ3v) is 5.69. The number of oxazole rings is 1. The lowest BCUT2D eigenvalue weighted by Crippen LogP contribution is -2.45. The predicted molar refractivity (Wildman–Crippen MR) is 86.9 cm³/mol. The van der Waals surface area contributed by atoms with Gasteiger partial charge in [0.15, 0.2) is 5.58 Å². The van der Waals surface area contributed by atoms with Gasteiger partial charge < -0.3 is 9.32 Å². The van der Waals surface area contributed by atoms with Gasteiger partial charge in [0.05, 0.1) is 6.26 Å². The minimum atomic E-state index is -3.15. The average Bonchev–Trinajstić information content (AvgIpc) is 2.88. The number of benzene rings is 1. The first kappa shape index (κ1) is 15.6.